The van der Waals surface area contributed by atoms with Gasteiger partial charge in [0.25, 0.3) is 0 Å². The molecule has 2 heterocycles. The van der Waals surface area contributed by atoms with E-state index in [0.29, 0.717) is 5.92 Å². The van der Waals surface area contributed by atoms with Gasteiger partial charge in [0.15, 0.2) is 0 Å². The number of morpholine rings is 2. The van der Waals surface area contributed by atoms with E-state index in [9.17, 15) is 4.79 Å². The minimum atomic E-state index is -0.0674. The maximum atomic E-state index is 12.7. The van der Waals surface area contributed by atoms with E-state index in [-0.39, 0.29) is 24.2 Å². The predicted octanol–water partition coefficient (Wildman–Crippen LogP) is 0.959. The van der Waals surface area contributed by atoms with Gasteiger partial charge in [-0.1, -0.05) is 13.8 Å². The van der Waals surface area contributed by atoms with Crippen LogP contribution in [0.1, 0.15) is 34.1 Å². The molecule has 0 bridgehead atoms. The molecule has 2 fully saturated rings. The molecule has 0 aromatic carbocycles. The van der Waals surface area contributed by atoms with Crippen LogP contribution in [0, 0.1) is 5.92 Å². The Bertz CT molecular complexity index is 376. The molecule has 0 spiro atoms. The molecule has 2 rings (SSSR count). The highest BCUT2D eigenvalue weighted by molar-refractivity contribution is 5.82. The Labute approximate surface area is 146 Å². The first-order chi connectivity index (χ1) is 11.5. The van der Waals surface area contributed by atoms with Crippen molar-refractivity contribution < 1.29 is 14.3 Å². The first kappa shape index (κ1) is 19.6. The number of hydrogen-bond donors (Lipinski definition) is 1. The minimum absolute atomic E-state index is 0.0674. The fourth-order valence-corrected chi connectivity index (χ4v) is 3.78. The SMILES string of the molecule is CC1CN(C(C(=O)NCCCN2CCOCC2)C(C)C)CC(C)O1. The van der Waals surface area contributed by atoms with E-state index in [0.717, 1.165) is 58.9 Å². The lowest BCUT2D eigenvalue weighted by Gasteiger charge is -2.41. The number of amides is 1. The standard InChI is InChI=1S/C18H35N3O3/c1-14(2)17(21-12-15(3)24-16(4)13-21)18(22)19-6-5-7-20-8-10-23-11-9-20/h14-17H,5-13H2,1-4H3,(H,19,22). The quantitative estimate of drug-likeness (QED) is 0.699. The van der Waals surface area contributed by atoms with Gasteiger partial charge in [-0.25, -0.2) is 0 Å². The van der Waals surface area contributed by atoms with E-state index >= 15 is 0 Å². The topological polar surface area (TPSA) is 54.0 Å². The van der Waals surface area contributed by atoms with E-state index in [2.05, 4.69) is 42.8 Å². The fourth-order valence-electron chi connectivity index (χ4n) is 3.78. The molecule has 6 nitrogen and oxygen atoms in total. The Balaban J connectivity index is 1.76. The Morgan fingerprint density at radius 2 is 1.79 bits per heavy atom. The van der Waals surface area contributed by atoms with Crippen LogP contribution in [-0.2, 0) is 14.3 Å². The largest absolute Gasteiger partial charge is 0.379 e. The van der Waals surface area contributed by atoms with Gasteiger partial charge in [0.2, 0.25) is 5.91 Å². The lowest BCUT2D eigenvalue weighted by Crippen LogP contribution is -2.57. The zero-order chi connectivity index (χ0) is 17.5. The number of carbonyl (C=O) groups is 1. The summed E-state index contributed by atoms with van der Waals surface area (Å²) in [5, 5.41) is 3.15. The van der Waals surface area contributed by atoms with Crippen LogP contribution in [0.3, 0.4) is 0 Å². The molecule has 1 N–H and O–H groups in total. The van der Waals surface area contributed by atoms with Gasteiger partial charge in [-0.2, -0.15) is 0 Å². The Morgan fingerprint density at radius 3 is 2.38 bits per heavy atom. The van der Waals surface area contributed by atoms with Crippen LogP contribution in [0.5, 0.6) is 0 Å². The van der Waals surface area contributed by atoms with Crippen molar-refractivity contribution >= 4 is 5.91 Å². The number of nitrogens with zero attached hydrogens (tertiary/aromatic N) is 2. The minimum Gasteiger partial charge on any atom is -0.379 e. The molecular formula is C18H35N3O3. The second-order valence-electron chi connectivity index (χ2n) is 7.50. The maximum Gasteiger partial charge on any atom is 0.237 e. The molecule has 24 heavy (non-hydrogen) atoms. The van der Waals surface area contributed by atoms with E-state index < -0.39 is 0 Å². The molecule has 6 heteroatoms. The molecule has 3 unspecified atom stereocenters. The van der Waals surface area contributed by atoms with Gasteiger partial charge in [-0.05, 0) is 32.7 Å². The third-order valence-electron chi connectivity index (χ3n) is 4.80. The molecule has 140 valence electrons. The first-order valence-corrected chi connectivity index (χ1v) is 9.44. The van der Waals surface area contributed by atoms with Crippen molar-refractivity contribution in [2.24, 2.45) is 5.92 Å². The van der Waals surface area contributed by atoms with Crippen molar-refractivity contribution in [3.63, 3.8) is 0 Å². The zero-order valence-electron chi connectivity index (χ0n) is 15.8. The van der Waals surface area contributed by atoms with Crippen LogP contribution in [-0.4, -0.2) is 86.4 Å². The van der Waals surface area contributed by atoms with E-state index in [1.165, 1.54) is 0 Å². The number of ether oxygens (including phenoxy) is 2. The van der Waals surface area contributed by atoms with Gasteiger partial charge in [-0.3, -0.25) is 14.6 Å². The van der Waals surface area contributed by atoms with Crippen LogP contribution in [0.2, 0.25) is 0 Å². The summed E-state index contributed by atoms with van der Waals surface area (Å²) in [5.41, 5.74) is 0. The summed E-state index contributed by atoms with van der Waals surface area (Å²) in [6, 6.07) is -0.0674. The average molecular weight is 341 g/mol. The molecular weight excluding hydrogens is 306 g/mol. The second-order valence-corrected chi connectivity index (χ2v) is 7.50. The summed E-state index contributed by atoms with van der Waals surface area (Å²) in [5.74, 6) is 0.454. The molecule has 2 aliphatic rings. The highest BCUT2D eigenvalue weighted by atomic mass is 16.5. The van der Waals surface area contributed by atoms with Crippen molar-refractivity contribution in [2.45, 2.75) is 52.4 Å². The molecule has 2 aliphatic heterocycles. The fraction of sp³-hybridized carbons (Fsp3) is 0.944. The molecule has 0 saturated carbocycles. The van der Waals surface area contributed by atoms with E-state index in [4.69, 9.17) is 9.47 Å². The lowest BCUT2D eigenvalue weighted by atomic mass is 9.99. The molecule has 0 radical (unpaired) electrons. The second kappa shape index (κ2) is 9.70. The summed E-state index contributed by atoms with van der Waals surface area (Å²) in [6.07, 6.45) is 1.36. The summed E-state index contributed by atoms with van der Waals surface area (Å²) in [6.45, 7) is 15.5. The molecule has 2 saturated heterocycles. The molecule has 1 amide bonds. The zero-order valence-corrected chi connectivity index (χ0v) is 15.8. The van der Waals surface area contributed by atoms with Crippen molar-refractivity contribution in [3.05, 3.63) is 0 Å². The normalized spacial score (nSPS) is 28.0. The number of nitrogens with one attached hydrogen (secondary N) is 1. The third kappa shape index (κ3) is 5.99. The van der Waals surface area contributed by atoms with Crippen molar-refractivity contribution in [1.82, 2.24) is 15.1 Å². The average Bonchev–Trinajstić information content (AvgIpc) is 2.51. The van der Waals surface area contributed by atoms with Crippen molar-refractivity contribution in [1.29, 1.82) is 0 Å². The van der Waals surface area contributed by atoms with Crippen molar-refractivity contribution in [2.75, 3.05) is 52.5 Å². The summed E-state index contributed by atoms with van der Waals surface area (Å²) < 4.78 is 11.2. The molecule has 3 atom stereocenters. The molecule has 0 aromatic heterocycles. The van der Waals surface area contributed by atoms with Crippen LogP contribution in [0.15, 0.2) is 0 Å². The number of hydrogen-bond acceptors (Lipinski definition) is 5. The molecule has 0 aliphatic carbocycles. The smallest absolute Gasteiger partial charge is 0.237 e. The van der Waals surface area contributed by atoms with Crippen LogP contribution in [0.25, 0.3) is 0 Å². The Hall–Kier alpha value is -0.690. The van der Waals surface area contributed by atoms with Gasteiger partial charge >= 0.3 is 0 Å². The van der Waals surface area contributed by atoms with Gasteiger partial charge in [0.05, 0.1) is 31.5 Å². The van der Waals surface area contributed by atoms with Gasteiger partial charge < -0.3 is 14.8 Å². The summed E-state index contributed by atoms with van der Waals surface area (Å²) >= 11 is 0. The summed E-state index contributed by atoms with van der Waals surface area (Å²) in [7, 11) is 0. The van der Waals surface area contributed by atoms with Crippen LogP contribution < -0.4 is 5.32 Å². The maximum absolute atomic E-state index is 12.7. The third-order valence-corrected chi connectivity index (χ3v) is 4.80. The van der Waals surface area contributed by atoms with Crippen molar-refractivity contribution in [3.8, 4) is 0 Å². The highest BCUT2D eigenvalue weighted by Crippen LogP contribution is 2.18. The number of rotatable bonds is 7. The van der Waals surface area contributed by atoms with Crippen LogP contribution in [0.4, 0.5) is 0 Å². The molecule has 0 aromatic rings. The Morgan fingerprint density at radius 1 is 1.17 bits per heavy atom. The van der Waals surface area contributed by atoms with E-state index in [1.54, 1.807) is 0 Å². The van der Waals surface area contributed by atoms with Gasteiger partial charge in [0, 0.05) is 32.7 Å². The van der Waals surface area contributed by atoms with Crippen LogP contribution >= 0.6 is 0 Å². The summed E-state index contributed by atoms with van der Waals surface area (Å²) in [4.78, 5) is 17.4. The first-order valence-electron chi connectivity index (χ1n) is 9.44. The lowest BCUT2D eigenvalue weighted by molar-refractivity contribution is -0.135. The van der Waals surface area contributed by atoms with Gasteiger partial charge in [0.1, 0.15) is 0 Å². The monoisotopic (exact) mass is 341 g/mol. The van der Waals surface area contributed by atoms with Gasteiger partial charge in [-0.15, -0.1) is 0 Å². The number of carbonyl (C=O) groups excluding carboxylic acids is 1. The predicted molar refractivity (Wildman–Crippen MR) is 95.1 cm³/mol. The van der Waals surface area contributed by atoms with E-state index in [1.807, 2.05) is 0 Å². The Kier molecular flexibility index (Phi) is 7.94. The highest BCUT2D eigenvalue weighted by Gasteiger charge is 2.33.